The fourth-order valence-electron chi connectivity index (χ4n) is 2.58. The van der Waals surface area contributed by atoms with E-state index in [4.69, 9.17) is 0 Å². The van der Waals surface area contributed by atoms with Gasteiger partial charge in [0.1, 0.15) is 0 Å². The van der Waals surface area contributed by atoms with Crippen LogP contribution >= 0.6 is 0 Å². The smallest absolute Gasteiger partial charge is 0.250 e. The van der Waals surface area contributed by atoms with Gasteiger partial charge in [0.15, 0.2) is 0 Å². The van der Waals surface area contributed by atoms with Crippen molar-refractivity contribution in [1.82, 2.24) is 14.8 Å². The van der Waals surface area contributed by atoms with Crippen molar-refractivity contribution in [1.29, 1.82) is 0 Å². The number of nitrogens with one attached hydrogen (secondary N) is 1. The first kappa shape index (κ1) is 16.3. The molecule has 2 rings (SSSR count). The van der Waals surface area contributed by atoms with Gasteiger partial charge in [-0.2, -0.15) is 0 Å². The predicted molar refractivity (Wildman–Crippen MR) is 83.4 cm³/mol. The van der Waals surface area contributed by atoms with Gasteiger partial charge in [-0.3, -0.25) is 14.4 Å². The molecule has 1 aliphatic rings. The summed E-state index contributed by atoms with van der Waals surface area (Å²) in [5, 5.41) is 2.85. The maximum atomic E-state index is 11.7. The van der Waals surface area contributed by atoms with Crippen LogP contribution in [0.15, 0.2) is 29.2 Å². The average Bonchev–Trinajstić information content (AvgIpc) is 2.91. The standard InChI is InChI=1S/C16H23N3O3/c20-14(6-3-11-19-12-4-8-16(19)22)17-9-5-13-18-10-2-1-7-15(18)21/h1-2,7,10H,3-6,8-9,11-13H2,(H,17,20). The first-order valence-corrected chi connectivity index (χ1v) is 7.87. The van der Waals surface area contributed by atoms with Crippen LogP contribution in [0.25, 0.3) is 0 Å². The Kier molecular flexibility index (Phi) is 6.18. The molecule has 1 aliphatic heterocycles. The van der Waals surface area contributed by atoms with Crippen molar-refractivity contribution in [2.45, 2.75) is 38.6 Å². The lowest BCUT2D eigenvalue weighted by molar-refractivity contribution is -0.128. The SMILES string of the molecule is O=C(CCCN1CCCC1=O)NCCCn1ccccc1=O. The van der Waals surface area contributed by atoms with Gasteiger partial charge in [-0.1, -0.05) is 6.07 Å². The van der Waals surface area contributed by atoms with Gasteiger partial charge >= 0.3 is 0 Å². The molecule has 0 saturated carbocycles. The van der Waals surface area contributed by atoms with Crippen molar-refractivity contribution >= 4 is 11.8 Å². The maximum Gasteiger partial charge on any atom is 0.250 e. The molecule has 0 radical (unpaired) electrons. The van der Waals surface area contributed by atoms with Crippen LogP contribution in [0.2, 0.25) is 0 Å². The van der Waals surface area contributed by atoms with Crippen LogP contribution in [0.5, 0.6) is 0 Å². The Bertz CT molecular complexity index is 568. The van der Waals surface area contributed by atoms with Crippen LogP contribution < -0.4 is 10.9 Å². The van der Waals surface area contributed by atoms with Crippen molar-refractivity contribution in [3.63, 3.8) is 0 Å². The number of hydrogen-bond acceptors (Lipinski definition) is 3. The summed E-state index contributed by atoms with van der Waals surface area (Å²) in [7, 11) is 0. The van der Waals surface area contributed by atoms with Gasteiger partial charge in [0.2, 0.25) is 17.4 Å². The number of aromatic nitrogens is 1. The zero-order chi connectivity index (χ0) is 15.8. The van der Waals surface area contributed by atoms with E-state index in [0.29, 0.717) is 38.9 Å². The summed E-state index contributed by atoms with van der Waals surface area (Å²) < 4.78 is 1.63. The molecule has 1 N–H and O–H groups in total. The molecule has 1 fully saturated rings. The number of hydrogen-bond donors (Lipinski definition) is 1. The Balaban J connectivity index is 1.55. The zero-order valence-corrected chi connectivity index (χ0v) is 12.8. The van der Waals surface area contributed by atoms with Gasteiger partial charge in [0.05, 0.1) is 0 Å². The third kappa shape index (κ3) is 5.02. The van der Waals surface area contributed by atoms with Crippen LogP contribution in [0, 0.1) is 0 Å². The number of carbonyl (C=O) groups excluding carboxylic acids is 2. The Morgan fingerprint density at radius 3 is 2.77 bits per heavy atom. The lowest BCUT2D eigenvalue weighted by Gasteiger charge is -2.14. The van der Waals surface area contributed by atoms with Crippen molar-refractivity contribution in [3.05, 3.63) is 34.7 Å². The first-order chi connectivity index (χ1) is 10.7. The topological polar surface area (TPSA) is 71.4 Å². The highest BCUT2D eigenvalue weighted by Gasteiger charge is 2.19. The maximum absolute atomic E-state index is 11.7. The molecule has 2 heterocycles. The second-order valence-corrected chi connectivity index (χ2v) is 5.52. The molecule has 6 nitrogen and oxygen atoms in total. The van der Waals surface area contributed by atoms with Crippen molar-refractivity contribution in [2.24, 2.45) is 0 Å². The predicted octanol–water partition coefficient (Wildman–Crippen LogP) is 0.757. The van der Waals surface area contributed by atoms with Gasteiger partial charge in [0.25, 0.3) is 0 Å². The van der Waals surface area contributed by atoms with Crippen molar-refractivity contribution < 1.29 is 9.59 Å². The minimum Gasteiger partial charge on any atom is -0.356 e. The molecule has 2 amide bonds. The molecule has 22 heavy (non-hydrogen) atoms. The Labute approximate surface area is 130 Å². The average molecular weight is 305 g/mol. The van der Waals surface area contributed by atoms with E-state index in [2.05, 4.69) is 5.32 Å². The molecule has 0 bridgehead atoms. The summed E-state index contributed by atoms with van der Waals surface area (Å²) in [4.78, 5) is 36.4. The Hall–Kier alpha value is -2.11. The van der Waals surface area contributed by atoms with Crippen LogP contribution in [0.4, 0.5) is 0 Å². The molecule has 120 valence electrons. The third-order valence-corrected chi connectivity index (χ3v) is 3.80. The Morgan fingerprint density at radius 2 is 2.05 bits per heavy atom. The highest BCUT2D eigenvalue weighted by molar-refractivity contribution is 5.78. The van der Waals surface area contributed by atoms with Crippen LogP contribution in [-0.2, 0) is 16.1 Å². The molecule has 0 spiro atoms. The summed E-state index contributed by atoms with van der Waals surface area (Å²) >= 11 is 0. The quantitative estimate of drug-likeness (QED) is 0.721. The van der Waals surface area contributed by atoms with Gasteiger partial charge in [0, 0.05) is 51.3 Å². The number of carbonyl (C=O) groups is 2. The van der Waals surface area contributed by atoms with E-state index in [1.165, 1.54) is 6.07 Å². The van der Waals surface area contributed by atoms with E-state index in [1.54, 1.807) is 16.8 Å². The second kappa shape index (κ2) is 8.36. The molecular weight excluding hydrogens is 282 g/mol. The van der Waals surface area contributed by atoms with E-state index >= 15 is 0 Å². The molecule has 6 heteroatoms. The molecule has 0 atom stereocenters. The zero-order valence-electron chi connectivity index (χ0n) is 12.8. The number of amides is 2. The minimum absolute atomic E-state index is 0.00653. The first-order valence-electron chi connectivity index (χ1n) is 7.87. The van der Waals surface area contributed by atoms with Gasteiger partial charge < -0.3 is 14.8 Å². The molecule has 0 aromatic carbocycles. The largest absolute Gasteiger partial charge is 0.356 e. The lowest BCUT2D eigenvalue weighted by Crippen LogP contribution is -2.29. The van der Waals surface area contributed by atoms with E-state index < -0.39 is 0 Å². The molecule has 1 aromatic rings. The van der Waals surface area contributed by atoms with Crippen LogP contribution in [-0.4, -0.2) is 40.9 Å². The van der Waals surface area contributed by atoms with Crippen molar-refractivity contribution in [2.75, 3.05) is 19.6 Å². The lowest BCUT2D eigenvalue weighted by atomic mass is 10.2. The molecule has 1 aromatic heterocycles. The molecular formula is C16H23N3O3. The van der Waals surface area contributed by atoms with E-state index in [0.717, 1.165) is 19.4 Å². The Morgan fingerprint density at radius 1 is 1.18 bits per heavy atom. The monoisotopic (exact) mass is 305 g/mol. The van der Waals surface area contributed by atoms with E-state index in [-0.39, 0.29) is 17.4 Å². The number of rotatable bonds is 8. The molecule has 1 saturated heterocycles. The van der Waals surface area contributed by atoms with Gasteiger partial charge in [-0.15, -0.1) is 0 Å². The summed E-state index contributed by atoms with van der Waals surface area (Å²) in [6.07, 6.45) is 5.19. The minimum atomic E-state index is -0.0240. The van der Waals surface area contributed by atoms with Gasteiger partial charge in [-0.25, -0.2) is 0 Å². The van der Waals surface area contributed by atoms with E-state index in [1.807, 2.05) is 11.0 Å². The highest BCUT2D eigenvalue weighted by Crippen LogP contribution is 2.10. The fourth-order valence-corrected chi connectivity index (χ4v) is 2.58. The number of nitrogens with zero attached hydrogens (tertiary/aromatic N) is 2. The molecule has 0 unspecified atom stereocenters. The second-order valence-electron chi connectivity index (χ2n) is 5.52. The summed E-state index contributed by atoms with van der Waals surface area (Å²) in [5.41, 5.74) is -0.0240. The summed E-state index contributed by atoms with van der Waals surface area (Å²) in [6, 6.07) is 5.06. The number of likely N-dealkylation sites (tertiary alicyclic amines) is 1. The number of aryl methyl sites for hydroxylation is 1. The number of pyridine rings is 1. The highest BCUT2D eigenvalue weighted by atomic mass is 16.2. The fraction of sp³-hybridized carbons (Fsp3) is 0.562. The van der Waals surface area contributed by atoms with Crippen LogP contribution in [0.3, 0.4) is 0 Å². The summed E-state index contributed by atoms with van der Waals surface area (Å²) in [6.45, 7) is 2.66. The summed E-state index contributed by atoms with van der Waals surface area (Å²) in [5.74, 6) is 0.209. The normalized spacial score (nSPS) is 14.4. The molecule has 0 aliphatic carbocycles. The van der Waals surface area contributed by atoms with Crippen LogP contribution in [0.1, 0.15) is 32.1 Å². The van der Waals surface area contributed by atoms with E-state index in [9.17, 15) is 14.4 Å². The third-order valence-electron chi connectivity index (χ3n) is 3.80. The van der Waals surface area contributed by atoms with Crippen molar-refractivity contribution in [3.8, 4) is 0 Å². The van der Waals surface area contributed by atoms with Gasteiger partial charge in [-0.05, 0) is 25.3 Å².